The summed E-state index contributed by atoms with van der Waals surface area (Å²) in [5.74, 6) is -0.442. The SMILES string of the molecule is Fc1ccc(NC(=S)NCc2ccc(C[NH+]3CCCCC3)cc2)cc1Cl. The average Bonchev–Trinajstić information content (AvgIpc) is 2.65. The fourth-order valence-corrected chi connectivity index (χ4v) is 3.59. The maximum atomic E-state index is 13.2. The molecule has 1 aliphatic rings. The Kier molecular flexibility index (Phi) is 6.83. The first-order valence-electron chi connectivity index (χ1n) is 9.01. The summed E-state index contributed by atoms with van der Waals surface area (Å²) in [5.41, 5.74) is 3.21. The molecular formula is C20H24ClFN3S+. The van der Waals surface area contributed by atoms with Crippen molar-refractivity contribution >= 4 is 34.6 Å². The van der Waals surface area contributed by atoms with Crippen LogP contribution in [0, 0.1) is 5.82 Å². The Balaban J connectivity index is 1.46. The van der Waals surface area contributed by atoms with Crippen LogP contribution in [0.5, 0.6) is 0 Å². The third-order valence-corrected chi connectivity index (χ3v) is 5.20. The van der Waals surface area contributed by atoms with Crippen LogP contribution in [0.25, 0.3) is 0 Å². The maximum Gasteiger partial charge on any atom is 0.171 e. The largest absolute Gasteiger partial charge is 0.358 e. The number of hydrogen-bond donors (Lipinski definition) is 3. The summed E-state index contributed by atoms with van der Waals surface area (Å²) in [6.45, 7) is 4.32. The molecule has 0 aromatic heterocycles. The van der Waals surface area contributed by atoms with Crippen molar-refractivity contribution in [3.8, 4) is 0 Å². The van der Waals surface area contributed by atoms with Gasteiger partial charge >= 0.3 is 0 Å². The van der Waals surface area contributed by atoms with Gasteiger partial charge in [-0.3, -0.25) is 0 Å². The summed E-state index contributed by atoms with van der Waals surface area (Å²) < 4.78 is 13.2. The highest BCUT2D eigenvalue weighted by molar-refractivity contribution is 7.80. The van der Waals surface area contributed by atoms with Crippen LogP contribution in [-0.4, -0.2) is 18.2 Å². The molecule has 3 nitrogen and oxygen atoms in total. The van der Waals surface area contributed by atoms with Gasteiger partial charge in [-0.05, 0) is 55.2 Å². The van der Waals surface area contributed by atoms with Crippen molar-refractivity contribution < 1.29 is 9.29 Å². The minimum atomic E-state index is -0.442. The lowest BCUT2D eigenvalue weighted by Crippen LogP contribution is -3.11. The van der Waals surface area contributed by atoms with Crippen molar-refractivity contribution in [2.75, 3.05) is 18.4 Å². The van der Waals surface area contributed by atoms with Crippen LogP contribution in [-0.2, 0) is 13.1 Å². The lowest BCUT2D eigenvalue weighted by Gasteiger charge is -2.23. The van der Waals surface area contributed by atoms with Crippen molar-refractivity contribution in [1.82, 2.24) is 5.32 Å². The Morgan fingerprint density at radius 2 is 1.73 bits per heavy atom. The lowest BCUT2D eigenvalue weighted by atomic mass is 10.1. The third kappa shape index (κ3) is 5.66. The Hall–Kier alpha value is -1.69. The van der Waals surface area contributed by atoms with Crippen LogP contribution < -0.4 is 15.5 Å². The van der Waals surface area contributed by atoms with E-state index < -0.39 is 5.82 Å². The van der Waals surface area contributed by atoms with Crippen molar-refractivity contribution in [2.24, 2.45) is 0 Å². The molecule has 0 saturated carbocycles. The smallest absolute Gasteiger partial charge is 0.171 e. The van der Waals surface area contributed by atoms with Crippen LogP contribution >= 0.6 is 23.8 Å². The number of halogens is 2. The number of likely N-dealkylation sites (tertiary alicyclic amines) is 1. The summed E-state index contributed by atoms with van der Waals surface area (Å²) in [5, 5.41) is 6.73. The molecule has 0 bridgehead atoms. The van der Waals surface area contributed by atoms with E-state index in [4.69, 9.17) is 23.8 Å². The van der Waals surface area contributed by atoms with Gasteiger partial charge in [0.2, 0.25) is 0 Å². The van der Waals surface area contributed by atoms with E-state index in [0.29, 0.717) is 17.3 Å². The van der Waals surface area contributed by atoms with Gasteiger partial charge in [-0.2, -0.15) is 0 Å². The molecule has 0 amide bonds. The summed E-state index contributed by atoms with van der Waals surface area (Å²) in [7, 11) is 0. The predicted molar refractivity (Wildman–Crippen MR) is 109 cm³/mol. The Morgan fingerprint density at radius 1 is 1.04 bits per heavy atom. The molecule has 6 heteroatoms. The Morgan fingerprint density at radius 3 is 2.42 bits per heavy atom. The van der Waals surface area contributed by atoms with E-state index in [9.17, 15) is 4.39 Å². The number of benzene rings is 2. The first-order valence-corrected chi connectivity index (χ1v) is 9.80. The number of quaternary nitrogens is 1. The fourth-order valence-electron chi connectivity index (χ4n) is 3.22. The molecule has 3 rings (SSSR count). The predicted octanol–water partition coefficient (Wildman–Crippen LogP) is 3.53. The molecule has 2 aromatic carbocycles. The van der Waals surface area contributed by atoms with Crippen LogP contribution in [0.3, 0.4) is 0 Å². The van der Waals surface area contributed by atoms with Crippen LogP contribution in [0.1, 0.15) is 30.4 Å². The fraction of sp³-hybridized carbons (Fsp3) is 0.350. The van der Waals surface area contributed by atoms with Crippen LogP contribution in [0.15, 0.2) is 42.5 Å². The first kappa shape index (κ1) is 19.1. The molecule has 26 heavy (non-hydrogen) atoms. The maximum absolute atomic E-state index is 13.2. The molecule has 0 radical (unpaired) electrons. The van der Waals surface area contributed by atoms with Gasteiger partial charge in [0.1, 0.15) is 12.4 Å². The normalized spacial score (nSPS) is 14.8. The quantitative estimate of drug-likeness (QED) is 0.680. The van der Waals surface area contributed by atoms with E-state index in [1.54, 1.807) is 11.0 Å². The zero-order valence-corrected chi connectivity index (χ0v) is 16.2. The minimum Gasteiger partial charge on any atom is -0.358 e. The number of rotatable bonds is 5. The first-order chi connectivity index (χ1) is 12.6. The van der Waals surface area contributed by atoms with Crippen LogP contribution in [0.2, 0.25) is 5.02 Å². The van der Waals surface area contributed by atoms with Gasteiger partial charge in [-0.25, -0.2) is 4.39 Å². The van der Waals surface area contributed by atoms with Crippen molar-refractivity contribution in [3.05, 3.63) is 64.4 Å². The van der Waals surface area contributed by atoms with Gasteiger partial charge in [0.25, 0.3) is 0 Å². The van der Waals surface area contributed by atoms with E-state index in [0.717, 1.165) is 6.54 Å². The molecule has 1 saturated heterocycles. The average molecular weight is 393 g/mol. The van der Waals surface area contributed by atoms with Gasteiger partial charge in [-0.15, -0.1) is 0 Å². The van der Waals surface area contributed by atoms with E-state index in [2.05, 4.69) is 34.9 Å². The van der Waals surface area contributed by atoms with E-state index in [-0.39, 0.29) is 5.02 Å². The van der Waals surface area contributed by atoms with Gasteiger partial charge in [0, 0.05) is 17.8 Å². The van der Waals surface area contributed by atoms with Crippen molar-refractivity contribution in [2.45, 2.75) is 32.4 Å². The van der Waals surface area contributed by atoms with Crippen LogP contribution in [0.4, 0.5) is 10.1 Å². The lowest BCUT2D eigenvalue weighted by molar-refractivity contribution is -0.918. The number of anilines is 1. The number of hydrogen-bond acceptors (Lipinski definition) is 1. The summed E-state index contributed by atoms with van der Waals surface area (Å²) in [6.07, 6.45) is 4.08. The number of nitrogens with one attached hydrogen (secondary N) is 3. The molecule has 138 valence electrons. The molecule has 0 aliphatic carbocycles. The second kappa shape index (κ2) is 9.31. The van der Waals surface area contributed by atoms with Gasteiger partial charge in [-0.1, -0.05) is 35.9 Å². The number of thiocarbonyl (C=S) groups is 1. The molecule has 2 aromatic rings. The monoisotopic (exact) mass is 392 g/mol. The highest BCUT2D eigenvalue weighted by atomic mass is 35.5. The zero-order valence-electron chi connectivity index (χ0n) is 14.7. The molecule has 1 aliphatic heterocycles. The third-order valence-electron chi connectivity index (χ3n) is 4.67. The van der Waals surface area contributed by atoms with Crippen molar-refractivity contribution in [1.29, 1.82) is 0 Å². The standard InChI is InChI=1S/C20H23ClFN3S/c21-18-12-17(8-9-19(18)22)24-20(26)23-13-15-4-6-16(7-5-15)14-25-10-2-1-3-11-25/h4-9,12H,1-3,10-11,13-14H2,(H2,23,24,26)/p+1. The zero-order chi connectivity index (χ0) is 18.4. The highest BCUT2D eigenvalue weighted by Gasteiger charge is 2.13. The second-order valence-electron chi connectivity index (χ2n) is 6.74. The Labute approximate surface area is 164 Å². The van der Waals surface area contributed by atoms with Crippen molar-refractivity contribution in [3.63, 3.8) is 0 Å². The molecule has 1 heterocycles. The van der Waals surface area contributed by atoms with E-state index >= 15 is 0 Å². The second-order valence-corrected chi connectivity index (χ2v) is 7.56. The summed E-state index contributed by atoms with van der Waals surface area (Å²) in [4.78, 5) is 1.69. The van der Waals surface area contributed by atoms with E-state index in [1.165, 1.54) is 55.6 Å². The van der Waals surface area contributed by atoms with Gasteiger partial charge in [0.05, 0.1) is 18.1 Å². The van der Waals surface area contributed by atoms with E-state index in [1.807, 2.05) is 0 Å². The molecule has 1 fully saturated rings. The highest BCUT2D eigenvalue weighted by Crippen LogP contribution is 2.19. The topological polar surface area (TPSA) is 28.5 Å². The van der Waals surface area contributed by atoms with Gasteiger partial charge in [0.15, 0.2) is 5.11 Å². The summed E-state index contributed by atoms with van der Waals surface area (Å²) >= 11 is 11.1. The van der Waals surface area contributed by atoms with Gasteiger partial charge < -0.3 is 15.5 Å². The summed E-state index contributed by atoms with van der Waals surface area (Å²) in [6, 6.07) is 13.1. The molecular weight excluding hydrogens is 369 g/mol. The molecule has 0 atom stereocenters. The minimum absolute atomic E-state index is 0.0734. The molecule has 0 spiro atoms. The number of piperidine rings is 1. The molecule has 3 N–H and O–H groups in total. The molecule has 0 unspecified atom stereocenters. The Bertz CT molecular complexity index is 745.